The summed E-state index contributed by atoms with van der Waals surface area (Å²) in [5.74, 6) is 0.485. The van der Waals surface area contributed by atoms with E-state index < -0.39 is 4.92 Å². The minimum Gasteiger partial charge on any atom is -0.494 e. The van der Waals surface area contributed by atoms with Gasteiger partial charge in [0.15, 0.2) is 0 Å². The molecule has 106 valence electrons. The van der Waals surface area contributed by atoms with Crippen LogP contribution in [-0.4, -0.2) is 16.5 Å². The molecule has 1 aromatic carbocycles. The van der Waals surface area contributed by atoms with Gasteiger partial charge in [-0.15, -0.1) is 11.3 Å². The van der Waals surface area contributed by atoms with Crippen molar-refractivity contribution in [2.75, 3.05) is 11.9 Å². The average Bonchev–Trinajstić information content (AvgIpc) is 2.82. The molecule has 0 saturated carbocycles. The molecule has 0 radical (unpaired) electrons. The molecule has 0 unspecified atom stereocenters. The second-order valence-corrected chi connectivity index (χ2v) is 5.18. The lowest BCUT2D eigenvalue weighted by Crippen LogP contribution is -2.02. The number of nitro benzene ring substituents is 1. The molecule has 0 amide bonds. The summed E-state index contributed by atoms with van der Waals surface area (Å²) in [6, 6.07) is 4.65. The van der Waals surface area contributed by atoms with Gasteiger partial charge in [0.1, 0.15) is 5.75 Å². The fraction of sp³-hybridized carbons (Fsp3) is 0.308. The Labute approximate surface area is 120 Å². The number of nitrogens with zero attached hydrogens (tertiary/aromatic N) is 2. The van der Waals surface area contributed by atoms with E-state index in [-0.39, 0.29) is 5.69 Å². The monoisotopic (exact) mass is 293 g/mol. The Morgan fingerprint density at radius 2 is 2.25 bits per heavy atom. The zero-order valence-corrected chi connectivity index (χ0v) is 12.1. The standard InChI is InChI=1S/C13H15N3O3S/c1-3-19-13-5-10(4-12(6-13)16(17)18)14-7-11-8-20-9(2)15-11/h4-6,8,14H,3,7H2,1-2H3. The molecule has 0 fully saturated rings. The summed E-state index contributed by atoms with van der Waals surface area (Å²) in [7, 11) is 0. The lowest BCUT2D eigenvalue weighted by molar-refractivity contribution is -0.384. The number of non-ortho nitro benzene ring substituents is 1. The SMILES string of the molecule is CCOc1cc(NCc2csc(C)n2)cc([N+](=O)[O-])c1. The predicted molar refractivity (Wildman–Crippen MR) is 78.4 cm³/mol. The van der Waals surface area contributed by atoms with Crippen molar-refractivity contribution in [1.29, 1.82) is 0 Å². The van der Waals surface area contributed by atoms with Crippen LogP contribution in [0, 0.1) is 17.0 Å². The summed E-state index contributed by atoms with van der Waals surface area (Å²) < 4.78 is 5.34. The second kappa shape index (κ2) is 6.33. The van der Waals surface area contributed by atoms with Crippen LogP contribution < -0.4 is 10.1 Å². The summed E-state index contributed by atoms with van der Waals surface area (Å²) in [6.07, 6.45) is 0. The summed E-state index contributed by atoms with van der Waals surface area (Å²) in [4.78, 5) is 14.8. The number of hydrogen-bond donors (Lipinski definition) is 1. The maximum absolute atomic E-state index is 10.9. The van der Waals surface area contributed by atoms with Gasteiger partial charge >= 0.3 is 0 Å². The lowest BCUT2D eigenvalue weighted by Gasteiger charge is -2.08. The highest BCUT2D eigenvalue weighted by Crippen LogP contribution is 2.26. The first-order valence-electron chi connectivity index (χ1n) is 6.15. The van der Waals surface area contributed by atoms with E-state index >= 15 is 0 Å². The average molecular weight is 293 g/mol. The number of aryl methyl sites for hydroxylation is 1. The number of benzene rings is 1. The molecule has 0 aliphatic rings. The fourth-order valence-corrected chi connectivity index (χ4v) is 2.34. The third-order valence-electron chi connectivity index (χ3n) is 2.55. The predicted octanol–water partition coefficient (Wildman–Crippen LogP) is 3.37. The van der Waals surface area contributed by atoms with Crippen molar-refractivity contribution in [2.24, 2.45) is 0 Å². The Balaban J connectivity index is 2.15. The van der Waals surface area contributed by atoms with E-state index in [0.29, 0.717) is 24.6 Å². The Morgan fingerprint density at radius 3 is 2.85 bits per heavy atom. The van der Waals surface area contributed by atoms with E-state index in [2.05, 4.69) is 10.3 Å². The summed E-state index contributed by atoms with van der Waals surface area (Å²) in [5, 5.41) is 17.0. The van der Waals surface area contributed by atoms with E-state index in [9.17, 15) is 10.1 Å². The Hall–Kier alpha value is -2.15. The zero-order valence-electron chi connectivity index (χ0n) is 11.3. The summed E-state index contributed by atoms with van der Waals surface area (Å²) in [5.41, 5.74) is 1.57. The van der Waals surface area contributed by atoms with Crippen LogP contribution in [0.5, 0.6) is 5.75 Å². The zero-order chi connectivity index (χ0) is 14.5. The van der Waals surface area contributed by atoms with E-state index in [1.165, 1.54) is 12.1 Å². The molecule has 1 aromatic heterocycles. The third-order valence-corrected chi connectivity index (χ3v) is 3.38. The number of ether oxygens (including phenoxy) is 1. The number of rotatable bonds is 6. The van der Waals surface area contributed by atoms with Crippen LogP contribution in [0.1, 0.15) is 17.6 Å². The molecule has 20 heavy (non-hydrogen) atoms. The van der Waals surface area contributed by atoms with Crippen LogP contribution in [0.15, 0.2) is 23.6 Å². The minimum atomic E-state index is -0.430. The Morgan fingerprint density at radius 1 is 1.45 bits per heavy atom. The smallest absolute Gasteiger partial charge is 0.275 e. The van der Waals surface area contributed by atoms with Crippen molar-refractivity contribution in [3.8, 4) is 5.75 Å². The first-order valence-corrected chi connectivity index (χ1v) is 7.03. The second-order valence-electron chi connectivity index (χ2n) is 4.12. The maximum atomic E-state index is 10.9. The number of nitro groups is 1. The van der Waals surface area contributed by atoms with Crippen molar-refractivity contribution in [2.45, 2.75) is 20.4 Å². The first kappa shape index (κ1) is 14.3. The number of thiazole rings is 1. The molecular formula is C13H15N3O3S. The molecule has 0 aliphatic heterocycles. The van der Waals surface area contributed by atoms with Gasteiger partial charge in [-0.3, -0.25) is 10.1 Å². The van der Waals surface area contributed by atoms with Crippen LogP contribution >= 0.6 is 11.3 Å². The van der Waals surface area contributed by atoms with Gasteiger partial charge in [-0.25, -0.2) is 4.98 Å². The molecule has 0 aliphatic carbocycles. The first-order chi connectivity index (χ1) is 9.58. The molecule has 6 nitrogen and oxygen atoms in total. The quantitative estimate of drug-likeness (QED) is 0.652. The maximum Gasteiger partial charge on any atom is 0.275 e. The molecule has 0 atom stereocenters. The molecule has 2 rings (SSSR count). The molecule has 2 aromatic rings. The largest absolute Gasteiger partial charge is 0.494 e. The highest BCUT2D eigenvalue weighted by Gasteiger charge is 2.10. The lowest BCUT2D eigenvalue weighted by atomic mass is 10.2. The molecule has 0 saturated heterocycles. The normalized spacial score (nSPS) is 10.3. The van der Waals surface area contributed by atoms with Crippen LogP contribution in [0.25, 0.3) is 0 Å². The van der Waals surface area contributed by atoms with Crippen molar-refractivity contribution in [3.05, 3.63) is 44.4 Å². The molecule has 0 bridgehead atoms. The van der Waals surface area contributed by atoms with E-state index in [1.54, 1.807) is 17.4 Å². The molecule has 1 heterocycles. The third kappa shape index (κ3) is 3.67. The van der Waals surface area contributed by atoms with E-state index in [0.717, 1.165) is 10.7 Å². The van der Waals surface area contributed by atoms with Gasteiger partial charge in [0, 0.05) is 23.2 Å². The van der Waals surface area contributed by atoms with Crippen molar-refractivity contribution in [1.82, 2.24) is 4.98 Å². The van der Waals surface area contributed by atoms with Gasteiger partial charge in [0.05, 0.1) is 34.8 Å². The van der Waals surface area contributed by atoms with Gasteiger partial charge in [0.2, 0.25) is 0 Å². The van der Waals surface area contributed by atoms with Crippen molar-refractivity contribution in [3.63, 3.8) is 0 Å². The molecule has 7 heteroatoms. The number of anilines is 1. The summed E-state index contributed by atoms with van der Waals surface area (Å²) >= 11 is 1.57. The molecule has 0 spiro atoms. The van der Waals surface area contributed by atoms with Crippen LogP contribution in [0.2, 0.25) is 0 Å². The molecular weight excluding hydrogens is 278 g/mol. The van der Waals surface area contributed by atoms with Crippen LogP contribution in [0.3, 0.4) is 0 Å². The Bertz CT molecular complexity index is 613. The van der Waals surface area contributed by atoms with Crippen molar-refractivity contribution < 1.29 is 9.66 Å². The van der Waals surface area contributed by atoms with Gasteiger partial charge in [-0.1, -0.05) is 0 Å². The number of aromatic nitrogens is 1. The summed E-state index contributed by atoms with van der Waals surface area (Å²) in [6.45, 7) is 4.77. The Kier molecular flexibility index (Phi) is 4.52. The van der Waals surface area contributed by atoms with Gasteiger partial charge < -0.3 is 10.1 Å². The minimum absolute atomic E-state index is 0.00732. The highest BCUT2D eigenvalue weighted by atomic mass is 32.1. The van der Waals surface area contributed by atoms with E-state index in [1.807, 2.05) is 19.2 Å². The number of nitrogens with one attached hydrogen (secondary N) is 1. The van der Waals surface area contributed by atoms with E-state index in [4.69, 9.17) is 4.74 Å². The molecule has 1 N–H and O–H groups in total. The fourth-order valence-electron chi connectivity index (χ4n) is 1.72. The van der Waals surface area contributed by atoms with Gasteiger partial charge in [-0.05, 0) is 13.8 Å². The van der Waals surface area contributed by atoms with Gasteiger partial charge in [-0.2, -0.15) is 0 Å². The van der Waals surface area contributed by atoms with Crippen LogP contribution in [-0.2, 0) is 6.54 Å². The topological polar surface area (TPSA) is 77.3 Å². The van der Waals surface area contributed by atoms with Crippen LogP contribution in [0.4, 0.5) is 11.4 Å². The highest BCUT2D eigenvalue weighted by molar-refractivity contribution is 7.09. The number of hydrogen-bond acceptors (Lipinski definition) is 6. The van der Waals surface area contributed by atoms with Crippen molar-refractivity contribution >= 4 is 22.7 Å². The van der Waals surface area contributed by atoms with Gasteiger partial charge in [0.25, 0.3) is 5.69 Å².